The third kappa shape index (κ3) is 5.72. The number of rotatable bonds is 5. The predicted molar refractivity (Wildman–Crippen MR) is 186 cm³/mol. The van der Waals surface area contributed by atoms with Gasteiger partial charge in [0.2, 0.25) is 11.8 Å². The number of ether oxygens (including phenoxy) is 2. The fraction of sp³-hybridized carbons (Fsp3) is 0.350. The lowest BCUT2D eigenvalue weighted by Gasteiger charge is -2.39. The third-order valence-corrected chi connectivity index (χ3v) is 10.4. The highest BCUT2D eigenvalue weighted by atomic mass is 16.5. The average Bonchev–Trinajstić information content (AvgIpc) is 3.51. The maximum absolute atomic E-state index is 15.1. The van der Waals surface area contributed by atoms with Crippen LogP contribution in [0.2, 0.25) is 0 Å². The van der Waals surface area contributed by atoms with Gasteiger partial charge in [0, 0.05) is 18.7 Å². The minimum atomic E-state index is -1.53. The van der Waals surface area contributed by atoms with E-state index in [1.807, 2.05) is 98.8 Å². The molecule has 7 atom stereocenters. The first-order chi connectivity index (χ1) is 24.2. The van der Waals surface area contributed by atoms with Gasteiger partial charge in [0.15, 0.2) is 0 Å². The van der Waals surface area contributed by atoms with Gasteiger partial charge in [-0.05, 0) is 42.5 Å². The zero-order chi connectivity index (χ0) is 35.0. The van der Waals surface area contributed by atoms with Crippen LogP contribution in [0.25, 0.3) is 0 Å². The quantitative estimate of drug-likeness (QED) is 0.306. The van der Waals surface area contributed by atoms with Gasteiger partial charge in [-0.15, -0.1) is 0 Å². The number of likely N-dealkylation sites (tertiary alicyclic amines) is 1. The zero-order valence-corrected chi connectivity index (χ0v) is 28.1. The van der Waals surface area contributed by atoms with Crippen LogP contribution in [0.5, 0.6) is 0 Å². The van der Waals surface area contributed by atoms with E-state index in [0.717, 1.165) is 22.4 Å². The molecule has 0 aromatic heterocycles. The molecule has 2 fully saturated rings. The van der Waals surface area contributed by atoms with Crippen molar-refractivity contribution >= 4 is 29.4 Å². The van der Waals surface area contributed by atoms with Crippen molar-refractivity contribution in [1.29, 1.82) is 0 Å². The van der Waals surface area contributed by atoms with Crippen LogP contribution in [-0.2, 0) is 28.7 Å². The average molecular weight is 676 g/mol. The van der Waals surface area contributed by atoms with Crippen molar-refractivity contribution in [3.8, 4) is 0 Å². The summed E-state index contributed by atoms with van der Waals surface area (Å²) in [5.41, 5.74) is 2.40. The molecule has 3 amide bonds. The Hall–Kier alpha value is -5.06. The van der Waals surface area contributed by atoms with Crippen LogP contribution in [-0.4, -0.2) is 71.2 Å². The lowest BCUT2D eigenvalue weighted by atomic mass is 9.77. The molecule has 10 heteroatoms. The number of anilines is 1. The third-order valence-electron chi connectivity index (χ3n) is 10.4. The Morgan fingerprint density at radius 1 is 0.900 bits per heavy atom. The van der Waals surface area contributed by atoms with Crippen LogP contribution in [0.4, 0.5) is 5.69 Å². The van der Waals surface area contributed by atoms with Gasteiger partial charge < -0.3 is 29.7 Å². The summed E-state index contributed by atoms with van der Waals surface area (Å²) in [4.78, 5) is 60.5. The molecule has 7 rings (SSSR count). The number of cyclic esters (lactones) is 1. The Morgan fingerprint density at radius 3 is 2.30 bits per heavy atom. The van der Waals surface area contributed by atoms with Crippen molar-refractivity contribution in [2.45, 2.75) is 56.5 Å². The molecule has 10 nitrogen and oxygen atoms in total. The van der Waals surface area contributed by atoms with Crippen molar-refractivity contribution in [3.63, 3.8) is 0 Å². The molecule has 0 aliphatic carbocycles. The fourth-order valence-corrected chi connectivity index (χ4v) is 8.17. The van der Waals surface area contributed by atoms with Crippen LogP contribution in [0.3, 0.4) is 0 Å². The molecular weight excluding hydrogens is 634 g/mol. The zero-order valence-electron chi connectivity index (χ0n) is 28.1. The number of fused-ring (bicyclic) bond motifs is 2. The number of aliphatic hydroxyl groups is 1. The molecule has 0 radical (unpaired) electrons. The SMILES string of the molecule is Cc1cccc(C)c1N1CC=C[C@]23O[C@@H]4/C=C\CCC(=O)OC[C@@H](c5ccccc5)NC(=O)[C@@H]4[C@H]2C(=O)N([C@H](CO)c2ccccc2)[C@@H]3C1=O. The minimum Gasteiger partial charge on any atom is -0.463 e. The van der Waals surface area contributed by atoms with Crippen molar-refractivity contribution in [2.24, 2.45) is 11.8 Å². The largest absolute Gasteiger partial charge is 0.463 e. The fourth-order valence-electron chi connectivity index (χ4n) is 8.17. The van der Waals surface area contributed by atoms with Crippen LogP contribution >= 0.6 is 0 Å². The first-order valence-electron chi connectivity index (χ1n) is 17.1. The first-order valence-corrected chi connectivity index (χ1v) is 17.1. The number of aryl methyl sites for hydroxylation is 2. The number of aliphatic hydroxyl groups excluding tert-OH is 1. The summed E-state index contributed by atoms with van der Waals surface area (Å²) >= 11 is 0. The molecule has 1 spiro atoms. The second-order valence-electron chi connectivity index (χ2n) is 13.4. The van der Waals surface area contributed by atoms with Gasteiger partial charge in [-0.2, -0.15) is 0 Å². The van der Waals surface area contributed by atoms with E-state index in [4.69, 9.17) is 9.47 Å². The van der Waals surface area contributed by atoms with E-state index in [-0.39, 0.29) is 25.5 Å². The van der Waals surface area contributed by atoms with Gasteiger partial charge in [0.1, 0.15) is 18.2 Å². The van der Waals surface area contributed by atoms with Crippen molar-refractivity contribution in [2.75, 3.05) is 24.7 Å². The van der Waals surface area contributed by atoms with E-state index in [0.29, 0.717) is 12.0 Å². The number of nitrogens with zero attached hydrogens (tertiary/aromatic N) is 2. The van der Waals surface area contributed by atoms with Crippen molar-refractivity contribution in [3.05, 3.63) is 125 Å². The lowest BCUT2D eigenvalue weighted by molar-refractivity contribution is -0.146. The number of hydrogen-bond acceptors (Lipinski definition) is 7. The lowest BCUT2D eigenvalue weighted by Crippen LogP contribution is -2.56. The number of nitrogens with one attached hydrogen (secondary N) is 1. The molecule has 2 N–H and O–H groups in total. The standard InChI is InChI=1S/C40H41N3O7/c1-25-13-11-14-26(2)35(25)42-22-12-21-40-34(38(47)43(36(40)39(42)48)30(23-44)28-17-7-4-8-18-28)33-31(50-40)19-9-10-20-32(45)49-24-29(41-37(33)46)27-15-5-3-6-16-27/h3-9,11-19,21,29-31,33-34,36,44H,10,20,22-24H2,1-2H3,(H,41,46)/b19-9-/t29-,30+,31+,33-,34-,36+,40-/m0/s1. The Labute approximate surface area is 291 Å². The van der Waals surface area contributed by atoms with E-state index in [2.05, 4.69) is 5.32 Å². The molecule has 0 bridgehead atoms. The Balaban J connectivity index is 1.37. The van der Waals surface area contributed by atoms with E-state index in [9.17, 15) is 14.7 Å². The maximum Gasteiger partial charge on any atom is 0.306 e. The van der Waals surface area contributed by atoms with Gasteiger partial charge in [-0.25, -0.2) is 0 Å². The summed E-state index contributed by atoms with van der Waals surface area (Å²) in [6.45, 7) is 3.58. The molecule has 4 aliphatic heterocycles. The van der Waals surface area contributed by atoms with Crippen LogP contribution in [0, 0.1) is 25.7 Å². The Kier molecular flexibility index (Phi) is 9.15. The summed E-state index contributed by atoms with van der Waals surface area (Å²) in [6.07, 6.45) is 6.73. The van der Waals surface area contributed by atoms with Gasteiger partial charge in [-0.3, -0.25) is 19.2 Å². The molecule has 258 valence electrons. The second kappa shape index (κ2) is 13.7. The topological polar surface area (TPSA) is 125 Å². The smallest absolute Gasteiger partial charge is 0.306 e. The minimum absolute atomic E-state index is 0.0846. The summed E-state index contributed by atoms with van der Waals surface area (Å²) in [7, 11) is 0. The van der Waals surface area contributed by atoms with Gasteiger partial charge >= 0.3 is 5.97 Å². The molecule has 4 heterocycles. The summed E-state index contributed by atoms with van der Waals surface area (Å²) in [6, 6.07) is 21.4. The number of benzene rings is 3. The number of carbonyl (C=O) groups excluding carboxylic acids is 4. The molecule has 2 saturated heterocycles. The maximum atomic E-state index is 15.1. The molecule has 50 heavy (non-hydrogen) atoms. The Morgan fingerprint density at radius 2 is 1.60 bits per heavy atom. The number of esters is 1. The molecule has 4 aliphatic rings. The van der Waals surface area contributed by atoms with Gasteiger partial charge in [-0.1, -0.05) is 103 Å². The molecule has 3 aromatic carbocycles. The van der Waals surface area contributed by atoms with Crippen LogP contribution < -0.4 is 10.2 Å². The second-order valence-corrected chi connectivity index (χ2v) is 13.4. The normalized spacial score (nSPS) is 29.5. The highest BCUT2D eigenvalue weighted by Gasteiger charge is 2.72. The van der Waals surface area contributed by atoms with E-state index in [1.165, 1.54) is 4.90 Å². The van der Waals surface area contributed by atoms with Crippen LogP contribution in [0.1, 0.15) is 47.2 Å². The predicted octanol–water partition coefficient (Wildman–Crippen LogP) is 4.27. The Bertz CT molecular complexity index is 1820. The number of hydrogen-bond donors (Lipinski definition) is 2. The van der Waals surface area contributed by atoms with Crippen LogP contribution in [0.15, 0.2) is 103 Å². The van der Waals surface area contributed by atoms with E-state index >= 15 is 9.59 Å². The summed E-state index contributed by atoms with van der Waals surface area (Å²) in [5, 5.41) is 14.0. The number of amides is 3. The summed E-state index contributed by atoms with van der Waals surface area (Å²) in [5.74, 6) is -3.80. The number of para-hydroxylation sites is 1. The molecular formula is C40H41N3O7. The molecule has 0 unspecified atom stereocenters. The van der Waals surface area contributed by atoms with Crippen molar-refractivity contribution < 1.29 is 33.8 Å². The monoisotopic (exact) mass is 675 g/mol. The van der Waals surface area contributed by atoms with E-state index < -0.39 is 66.1 Å². The van der Waals surface area contributed by atoms with Gasteiger partial charge in [0.25, 0.3) is 5.91 Å². The van der Waals surface area contributed by atoms with E-state index in [1.54, 1.807) is 23.1 Å². The molecule has 0 saturated carbocycles. The van der Waals surface area contributed by atoms with Gasteiger partial charge in [0.05, 0.1) is 36.6 Å². The molecule has 3 aromatic rings. The number of carbonyl (C=O) groups is 4. The van der Waals surface area contributed by atoms with Crippen molar-refractivity contribution in [1.82, 2.24) is 10.2 Å². The summed E-state index contributed by atoms with van der Waals surface area (Å²) < 4.78 is 12.5. The highest BCUT2D eigenvalue weighted by molar-refractivity contribution is 6.06. The highest BCUT2D eigenvalue weighted by Crippen LogP contribution is 2.55. The number of allylic oxidation sites excluding steroid dienone is 1. The first kappa shape index (κ1) is 33.4.